The van der Waals surface area contributed by atoms with Gasteiger partial charge in [0.25, 0.3) is 5.91 Å². The summed E-state index contributed by atoms with van der Waals surface area (Å²) in [5, 5.41) is 10.5. The van der Waals surface area contributed by atoms with Crippen molar-refractivity contribution in [3.63, 3.8) is 0 Å². The summed E-state index contributed by atoms with van der Waals surface area (Å²) in [5.41, 5.74) is 2.74. The zero-order chi connectivity index (χ0) is 16.9. The van der Waals surface area contributed by atoms with Gasteiger partial charge >= 0.3 is 0 Å². The molecule has 0 fully saturated rings. The molecule has 7 heteroatoms. The Bertz CT molecular complexity index is 828. The van der Waals surface area contributed by atoms with Crippen molar-refractivity contribution in [3.8, 4) is 5.75 Å². The van der Waals surface area contributed by atoms with Crippen molar-refractivity contribution in [3.05, 3.63) is 65.7 Å². The minimum absolute atomic E-state index is 0.286. The van der Waals surface area contributed by atoms with E-state index in [0.29, 0.717) is 23.7 Å². The van der Waals surface area contributed by atoms with Crippen LogP contribution in [0.1, 0.15) is 21.7 Å². The lowest BCUT2D eigenvalue weighted by molar-refractivity contribution is 0.102. The van der Waals surface area contributed by atoms with Crippen LogP contribution in [0.25, 0.3) is 0 Å². The van der Waals surface area contributed by atoms with Crippen molar-refractivity contribution in [2.75, 3.05) is 5.32 Å². The van der Waals surface area contributed by atoms with Crippen molar-refractivity contribution in [1.29, 1.82) is 0 Å². The number of carbonyl (C=O) groups excluding carboxylic acids is 1. The van der Waals surface area contributed by atoms with E-state index in [1.807, 2.05) is 12.1 Å². The normalized spacial score (nSPS) is 10.4. The first-order valence-corrected chi connectivity index (χ1v) is 7.43. The number of aromatic nitrogens is 4. The largest absolute Gasteiger partial charge is 0.489 e. The number of nitrogens with one attached hydrogen (secondary N) is 1. The third-order valence-electron chi connectivity index (χ3n) is 3.59. The maximum absolute atomic E-state index is 12.2. The second-order valence-electron chi connectivity index (χ2n) is 5.27. The van der Waals surface area contributed by atoms with Gasteiger partial charge in [0.2, 0.25) is 0 Å². The van der Waals surface area contributed by atoms with Crippen LogP contribution in [0.2, 0.25) is 0 Å². The average molecular weight is 323 g/mol. The first-order chi connectivity index (χ1) is 11.6. The monoisotopic (exact) mass is 323 g/mol. The van der Waals surface area contributed by atoms with E-state index in [2.05, 4.69) is 20.6 Å². The molecular formula is C17H17N5O2. The summed E-state index contributed by atoms with van der Waals surface area (Å²) in [6, 6.07) is 11.0. The molecule has 0 bridgehead atoms. The Kier molecular flexibility index (Phi) is 4.51. The van der Waals surface area contributed by atoms with Crippen LogP contribution in [0.15, 0.2) is 48.8 Å². The third-order valence-corrected chi connectivity index (χ3v) is 3.59. The average Bonchev–Trinajstić information content (AvgIpc) is 2.94. The van der Waals surface area contributed by atoms with Crippen LogP contribution in [-0.2, 0) is 13.7 Å². The predicted octanol–water partition coefficient (Wildman–Crippen LogP) is 2.35. The van der Waals surface area contributed by atoms with Gasteiger partial charge in [-0.25, -0.2) is 0 Å². The summed E-state index contributed by atoms with van der Waals surface area (Å²) >= 11 is 0. The van der Waals surface area contributed by atoms with Gasteiger partial charge in [-0.2, -0.15) is 0 Å². The number of pyridine rings is 1. The Labute approximate surface area is 139 Å². The molecule has 0 spiro atoms. The minimum atomic E-state index is -0.286. The van der Waals surface area contributed by atoms with Gasteiger partial charge in [-0.1, -0.05) is 5.21 Å². The molecule has 0 radical (unpaired) electrons. The molecule has 7 nitrogen and oxygen atoms in total. The van der Waals surface area contributed by atoms with Crippen LogP contribution in [0.4, 0.5) is 5.69 Å². The Hall–Kier alpha value is -3.22. The van der Waals surface area contributed by atoms with Crippen molar-refractivity contribution in [2.45, 2.75) is 13.5 Å². The summed E-state index contributed by atoms with van der Waals surface area (Å²) in [5.74, 6) is 0.437. The van der Waals surface area contributed by atoms with Gasteiger partial charge in [0.1, 0.15) is 12.4 Å². The van der Waals surface area contributed by atoms with E-state index in [-0.39, 0.29) is 5.91 Å². The zero-order valence-corrected chi connectivity index (χ0v) is 13.4. The highest BCUT2D eigenvalue weighted by molar-refractivity contribution is 6.03. The van der Waals surface area contributed by atoms with Gasteiger partial charge < -0.3 is 10.1 Å². The van der Waals surface area contributed by atoms with E-state index in [1.54, 1.807) is 55.3 Å². The topological polar surface area (TPSA) is 81.9 Å². The van der Waals surface area contributed by atoms with Crippen molar-refractivity contribution in [2.24, 2.45) is 7.05 Å². The zero-order valence-electron chi connectivity index (χ0n) is 13.4. The molecule has 0 aliphatic rings. The number of anilines is 1. The van der Waals surface area contributed by atoms with Crippen LogP contribution in [0.3, 0.4) is 0 Å². The Morgan fingerprint density at radius 2 is 1.88 bits per heavy atom. The molecule has 3 rings (SSSR count). The molecule has 1 amide bonds. The number of aryl methyl sites for hydroxylation is 1. The first kappa shape index (κ1) is 15.7. The predicted molar refractivity (Wildman–Crippen MR) is 88.7 cm³/mol. The fourth-order valence-electron chi connectivity index (χ4n) is 2.08. The van der Waals surface area contributed by atoms with Gasteiger partial charge in [0.05, 0.1) is 5.69 Å². The molecule has 0 saturated carbocycles. The number of nitrogens with zero attached hydrogens (tertiary/aromatic N) is 4. The second-order valence-corrected chi connectivity index (χ2v) is 5.27. The van der Waals surface area contributed by atoms with E-state index in [9.17, 15) is 4.79 Å². The molecule has 0 atom stereocenters. The van der Waals surface area contributed by atoms with Crippen molar-refractivity contribution < 1.29 is 9.53 Å². The summed E-state index contributed by atoms with van der Waals surface area (Å²) in [7, 11) is 1.74. The number of carbonyl (C=O) groups is 1. The van der Waals surface area contributed by atoms with Crippen molar-refractivity contribution >= 4 is 11.6 Å². The first-order valence-electron chi connectivity index (χ1n) is 7.43. The fourth-order valence-corrected chi connectivity index (χ4v) is 2.08. The molecule has 1 aromatic carbocycles. The second kappa shape index (κ2) is 6.91. The summed E-state index contributed by atoms with van der Waals surface area (Å²) in [6.45, 7) is 2.26. The van der Waals surface area contributed by atoms with Gasteiger partial charge in [-0.3, -0.25) is 14.5 Å². The van der Waals surface area contributed by atoms with E-state index in [4.69, 9.17) is 4.74 Å². The van der Waals surface area contributed by atoms with E-state index in [1.165, 1.54) is 0 Å². The maximum Gasteiger partial charge on any atom is 0.278 e. The molecule has 2 heterocycles. The molecule has 2 aromatic heterocycles. The number of ether oxygens (including phenoxy) is 1. The Morgan fingerprint density at radius 3 is 2.50 bits per heavy atom. The highest BCUT2D eigenvalue weighted by atomic mass is 16.5. The molecule has 0 aliphatic carbocycles. The van der Waals surface area contributed by atoms with Crippen molar-refractivity contribution in [1.82, 2.24) is 20.0 Å². The molecule has 0 saturated heterocycles. The van der Waals surface area contributed by atoms with E-state index >= 15 is 0 Å². The molecule has 0 unspecified atom stereocenters. The number of rotatable bonds is 5. The third kappa shape index (κ3) is 3.57. The minimum Gasteiger partial charge on any atom is -0.489 e. The van der Waals surface area contributed by atoms with E-state index in [0.717, 1.165) is 11.3 Å². The number of hydrogen-bond acceptors (Lipinski definition) is 5. The summed E-state index contributed by atoms with van der Waals surface area (Å²) in [4.78, 5) is 16.1. The highest BCUT2D eigenvalue weighted by Gasteiger charge is 2.15. The number of amides is 1. The highest BCUT2D eigenvalue weighted by Crippen LogP contribution is 2.18. The van der Waals surface area contributed by atoms with Gasteiger partial charge in [-0.15, -0.1) is 5.10 Å². The number of hydrogen-bond donors (Lipinski definition) is 1. The molecular weight excluding hydrogens is 306 g/mol. The molecule has 24 heavy (non-hydrogen) atoms. The van der Waals surface area contributed by atoms with Crippen LogP contribution in [0, 0.1) is 6.92 Å². The molecule has 3 aromatic rings. The Morgan fingerprint density at radius 1 is 1.17 bits per heavy atom. The SMILES string of the molecule is Cc1c(C(=O)Nc2ccc(OCc3ccncc3)cc2)nnn1C. The van der Waals surface area contributed by atoms with Gasteiger partial charge in [0.15, 0.2) is 5.69 Å². The summed E-state index contributed by atoms with van der Waals surface area (Å²) in [6.07, 6.45) is 3.46. The fraction of sp³-hybridized carbons (Fsp3) is 0.176. The standard InChI is InChI=1S/C17H17N5O2/c1-12-16(20-21-22(12)2)17(23)19-14-3-5-15(6-4-14)24-11-13-7-9-18-10-8-13/h3-10H,11H2,1-2H3,(H,19,23). The van der Waals surface area contributed by atoms with Crippen LogP contribution in [-0.4, -0.2) is 25.9 Å². The lowest BCUT2D eigenvalue weighted by atomic mass is 10.2. The quantitative estimate of drug-likeness (QED) is 0.779. The van der Waals surface area contributed by atoms with Crippen LogP contribution in [0.5, 0.6) is 5.75 Å². The smallest absolute Gasteiger partial charge is 0.278 e. The molecule has 122 valence electrons. The molecule has 0 aliphatic heterocycles. The van der Waals surface area contributed by atoms with Gasteiger partial charge in [0, 0.05) is 25.1 Å². The Balaban J connectivity index is 1.60. The maximum atomic E-state index is 12.2. The number of benzene rings is 1. The van der Waals surface area contributed by atoms with Gasteiger partial charge in [-0.05, 0) is 48.9 Å². The van der Waals surface area contributed by atoms with Crippen LogP contribution >= 0.6 is 0 Å². The molecule has 1 N–H and O–H groups in total. The lowest BCUT2D eigenvalue weighted by Crippen LogP contribution is -2.14. The van der Waals surface area contributed by atoms with Crippen LogP contribution < -0.4 is 10.1 Å². The lowest BCUT2D eigenvalue weighted by Gasteiger charge is -2.08. The van der Waals surface area contributed by atoms with E-state index < -0.39 is 0 Å². The summed E-state index contributed by atoms with van der Waals surface area (Å²) < 4.78 is 7.25.